The van der Waals surface area contributed by atoms with Crippen LogP contribution in [0, 0.1) is 5.92 Å². The number of rotatable bonds is 12. The standard InChI is InChI=1S/C30H36N2O5/c1-21(2)19-31-30(34)29(24-9-7-6-8-10-24)32(20-22-11-14-25(35-3)15-12-22)28(33)18-23-13-16-26(36-4)27(17-23)37-5/h6-17,21,29H,18-20H2,1-5H3,(H,31,34). The number of amides is 2. The number of carbonyl (C=O) groups excluding carboxylic acids is 2. The van der Waals surface area contributed by atoms with Crippen molar-refractivity contribution < 1.29 is 23.8 Å². The first-order chi connectivity index (χ1) is 17.9. The monoisotopic (exact) mass is 504 g/mol. The molecule has 196 valence electrons. The summed E-state index contributed by atoms with van der Waals surface area (Å²) < 4.78 is 16.0. The molecule has 0 aliphatic rings. The van der Waals surface area contributed by atoms with Gasteiger partial charge in [0.1, 0.15) is 11.8 Å². The minimum atomic E-state index is -0.797. The van der Waals surface area contributed by atoms with E-state index < -0.39 is 6.04 Å². The normalized spacial score (nSPS) is 11.5. The van der Waals surface area contributed by atoms with Crippen molar-refractivity contribution in [1.82, 2.24) is 10.2 Å². The summed E-state index contributed by atoms with van der Waals surface area (Å²) in [7, 11) is 4.74. The molecule has 1 unspecified atom stereocenters. The van der Waals surface area contributed by atoms with E-state index in [9.17, 15) is 9.59 Å². The van der Waals surface area contributed by atoms with Crippen LogP contribution in [-0.4, -0.2) is 44.6 Å². The summed E-state index contributed by atoms with van der Waals surface area (Å²) in [6.07, 6.45) is 0.0945. The molecule has 1 N–H and O–H groups in total. The first-order valence-electron chi connectivity index (χ1n) is 12.3. The summed E-state index contributed by atoms with van der Waals surface area (Å²) in [5.41, 5.74) is 2.40. The fraction of sp³-hybridized carbons (Fsp3) is 0.333. The van der Waals surface area contributed by atoms with Gasteiger partial charge in [-0.05, 0) is 46.9 Å². The van der Waals surface area contributed by atoms with Gasteiger partial charge in [-0.15, -0.1) is 0 Å². The highest BCUT2D eigenvalue weighted by Gasteiger charge is 2.31. The van der Waals surface area contributed by atoms with Crippen molar-refractivity contribution in [3.8, 4) is 17.2 Å². The number of carbonyl (C=O) groups is 2. The van der Waals surface area contributed by atoms with E-state index in [1.165, 1.54) is 0 Å². The Balaban J connectivity index is 2.00. The summed E-state index contributed by atoms with van der Waals surface area (Å²) >= 11 is 0. The highest BCUT2D eigenvalue weighted by molar-refractivity contribution is 5.89. The highest BCUT2D eigenvalue weighted by atomic mass is 16.5. The fourth-order valence-electron chi connectivity index (χ4n) is 4.03. The summed E-state index contributed by atoms with van der Waals surface area (Å²) in [6.45, 7) is 4.84. The number of benzene rings is 3. The van der Waals surface area contributed by atoms with Gasteiger partial charge in [-0.3, -0.25) is 9.59 Å². The van der Waals surface area contributed by atoms with Gasteiger partial charge in [0, 0.05) is 13.1 Å². The third-order valence-corrected chi connectivity index (χ3v) is 6.00. The zero-order valence-electron chi connectivity index (χ0n) is 22.2. The number of nitrogens with zero attached hydrogens (tertiary/aromatic N) is 1. The van der Waals surface area contributed by atoms with E-state index in [0.29, 0.717) is 18.0 Å². The molecule has 7 heteroatoms. The fourth-order valence-corrected chi connectivity index (χ4v) is 4.03. The number of nitrogens with one attached hydrogen (secondary N) is 1. The van der Waals surface area contributed by atoms with Crippen LogP contribution >= 0.6 is 0 Å². The molecule has 0 saturated heterocycles. The Morgan fingerprint density at radius 2 is 1.46 bits per heavy atom. The van der Waals surface area contributed by atoms with Crippen molar-refractivity contribution in [2.24, 2.45) is 5.92 Å². The number of hydrogen-bond donors (Lipinski definition) is 1. The van der Waals surface area contributed by atoms with Crippen LogP contribution in [0.2, 0.25) is 0 Å². The first-order valence-corrected chi connectivity index (χ1v) is 12.3. The molecule has 0 aliphatic carbocycles. The topological polar surface area (TPSA) is 77.1 Å². The highest BCUT2D eigenvalue weighted by Crippen LogP contribution is 2.29. The molecule has 1 atom stereocenters. The largest absolute Gasteiger partial charge is 0.497 e. The van der Waals surface area contributed by atoms with Crippen LogP contribution in [-0.2, 0) is 22.6 Å². The van der Waals surface area contributed by atoms with Crippen LogP contribution in [0.4, 0.5) is 0 Å². The molecule has 0 fully saturated rings. The molecule has 2 amide bonds. The lowest BCUT2D eigenvalue weighted by molar-refractivity contribution is -0.141. The van der Waals surface area contributed by atoms with Crippen molar-refractivity contribution in [3.63, 3.8) is 0 Å². The lowest BCUT2D eigenvalue weighted by Crippen LogP contribution is -2.44. The molecule has 3 aromatic carbocycles. The predicted molar refractivity (Wildman–Crippen MR) is 144 cm³/mol. The molecule has 3 aromatic rings. The maximum absolute atomic E-state index is 13.9. The van der Waals surface area contributed by atoms with Gasteiger partial charge in [0.2, 0.25) is 11.8 Å². The smallest absolute Gasteiger partial charge is 0.247 e. The van der Waals surface area contributed by atoms with Crippen LogP contribution in [0.15, 0.2) is 72.8 Å². The molecule has 37 heavy (non-hydrogen) atoms. The van der Waals surface area contributed by atoms with E-state index in [0.717, 1.165) is 22.4 Å². The second-order valence-corrected chi connectivity index (χ2v) is 9.19. The molecule has 3 rings (SSSR count). The van der Waals surface area contributed by atoms with E-state index in [4.69, 9.17) is 14.2 Å². The lowest BCUT2D eigenvalue weighted by atomic mass is 10.0. The van der Waals surface area contributed by atoms with E-state index >= 15 is 0 Å². The van der Waals surface area contributed by atoms with Crippen molar-refractivity contribution in [3.05, 3.63) is 89.5 Å². The Morgan fingerprint density at radius 3 is 2.05 bits per heavy atom. The quantitative estimate of drug-likeness (QED) is 0.384. The molecule has 0 aliphatic heterocycles. The molecule has 0 spiro atoms. The Morgan fingerprint density at radius 1 is 0.811 bits per heavy atom. The molecular formula is C30H36N2O5. The molecule has 0 radical (unpaired) electrons. The number of ether oxygens (including phenoxy) is 3. The van der Waals surface area contributed by atoms with Gasteiger partial charge in [-0.2, -0.15) is 0 Å². The SMILES string of the molecule is COc1ccc(CN(C(=O)Cc2ccc(OC)c(OC)c2)C(C(=O)NCC(C)C)c2ccccc2)cc1. The van der Waals surface area contributed by atoms with Gasteiger partial charge in [0.05, 0.1) is 27.8 Å². The van der Waals surface area contributed by atoms with Gasteiger partial charge >= 0.3 is 0 Å². The van der Waals surface area contributed by atoms with Gasteiger partial charge in [0.15, 0.2) is 11.5 Å². The molecule has 0 bridgehead atoms. The maximum Gasteiger partial charge on any atom is 0.247 e. The van der Waals surface area contributed by atoms with Crippen LogP contribution in [0.1, 0.15) is 36.6 Å². The molecule has 0 saturated carbocycles. The summed E-state index contributed by atoms with van der Waals surface area (Å²) in [4.78, 5) is 29.1. The first kappa shape index (κ1) is 27.6. The molecule has 0 aromatic heterocycles. The zero-order chi connectivity index (χ0) is 26.8. The number of methoxy groups -OCH3 is 3. The van der Waals surface area contributed by atoms with Crippen molar-refractivity contribution in [2.75, 3.05) is 27.9 Å². The van der Waals surface area contributed by atoms with E-state index in [-0.39, 0.29) is 30.7 Å². The minimum Gasteiger partial charge on any atom is -0.497 e. The van der Waals surface area contributed by atoms with Crippen LogP contribution in [0.5, 0.6) is 17.2 Å². The van der Waals surface area contributed by atoms with Crippen LogP contribution < -0.4 is 19.5 Å². The van der Waals surface area contributed by atoms with E-state index in [1.807, 2.05) is 74.5 Å². The third-order valence-electron chi connectivity index (χ3n) is 6.00. The minimum absolute atomic E-state index is 0.0945. The lowest BCUT2D eigenvalue weighted by Gasteiger charge is -2.32. The Labute approximate surface area is 219 Å². The van der Waals surface area contributed by atoms with Gasteiger partial charge < -0.3 is 24.4 Å². The van der Waals surface area contributed by atoms with Crippen molar-refractivity contribution >= 4 is 11.8 Å². The van der Waals surface area contributed by atoms with E-state index in [2.05, 4.69) is 5.32 Å². The second kappa shape index (κ2) is 13.3. The van der Waals surface area contributed by atoms with Crippen molar-refractivity contribution in [1.29, 1.82) is 0 Å². The molecule has 0 heterocycles. The summed E-state index contributed by atoms with van der Waals surface area (Å²) in [6, 6.07) is 21.5. The second-order valence-electron chi connectivity index (χ2n) is 9.19. The third kappa shape index (κ3) is 7.49. The molecular weight excluding hydrogens is 468 g/mol. The Hall–Kier alpha value is -4.00. The van der Waals surface area contributed by atoms with E-state index in [1.54, 1.807) is 38.4 Å². The van der Waals surface area contributed by atoms with Crippen LogP contribution in [0.25, 0.3) is 0 Å². The van der Waals surface area contributed by atoms with Gasteiger partial charge in [0.25, 0.3) is 0 Å². The summed E-state index contributed by atoms with van der Waals surface area (Å²) in [5, 5.41) is 3.03. The zero-order valence-corrected chi connectivity index (χ0v) is 22.2. The van der Waals surface area contributed by atoms with Gasteiger partial charge in [-0.1, -0.05) is 62.4 Å². The molecule has 7 nitrogen and oxygen atoms in total. The van der Waals surface area contributed by atoms with Crippen LogP contribution in [0.3, 0.4) is 0 Å². The van der Waals surface area contributed by atoms with Crippen molar-refractivity contribution in [2.45, 2.75) is 32.9 Å². The predicted octanol–water partition coefficient (Wildman–Crippen LogP) is 4.80. The van der Waals surface area contributed by atoms with Gasteiger partial charge in [-0.25, -0.2) is 0 Å². The maximum atomic E-state index is 13.9. The average molecular weight is 505 g/mol. The number of hydrogen-bond acceptors (Lipinski definition) is 5. The summed E-state index contributed by atoms with van der Waals surface area (Å²) in [5.74, 6) is 1.73. The Bertz CT molecular complexity index is 1160. The Kier molecular flexibility index (Phi) is 9.95. The average Bonchev–Trinajstić information content (AvgIpc) is 2.92.